The number of hydrogen-bond acceptors (Lipinski definition) is 5. The minimum Gasteiger partial charge on any atom is -0.452 e. The third-order valence-corrected chi connectivity index (χ3v) is 6.69. The first kappa shape index (κ1) is 19.8. The van der Waals surface area contributed by atoms with Gasteiger partial charge in [-0.25, -0.2) is 13.2 Å². The van der Waals surface area contributed by atoms with Crippen LogP contribution in [0.3, 0.4) is 0 Å². The Morgan fingerprint density at radius 1 is 1.11 bits per heavy atom. The molecule has 7 nitrogen and oxygen atoms in total. The highest BCUT2D eigenvalue weighted by Gasteiger charge is 2.31. The summed E-state index contributed by atoms with van der Waals surface area (Å²) in [6.45, 7) is 4.78. The third-order valence-electron chi connectivity index (χ3n) is 4.84. The standard InChI is InChI=1S/C19H26N2O5S/c1-13-9-14(2)11-21(10-13)27(24,25)17-7-3-15(4-8-17)19(23)26-12-18(22)20-16-5-6-16/h3-4,7-8,13-14,16H,5-6,9-12H2,1-2H3,(H,20,22)/t13-,14-/m1/s1. The third kappa shape index (κ3) is 5.07. The number of rotatable bonds is 6. The van der Waals surface area contributed by atoms with E-state index in [1.165, 1.54) is 28.6 Å². The fourth-order valence-electron chi connectivity index (χ4n) is 3.43. The predicted molar refractivity (Wildman–Crippen MR) is 99.6 cm³/mol. The minimum atomic E-state index is -3.59. The molecular weight excluding hydrogens is 368 g/mol. The molecule has 1 aromatic carbocycles. The first-order valence-electron chi connectivity index (χ1n) is 9.32. The summed E-state index contributed by atoms with van der Waals surface area (Å²) in [4.78, 5) is 23.8. The first-order chi connectivity index (χ1) is 12.8. The molecule has 2 atom stereocenters. The van der Waals surface area contributed by atoms with Crippen molar-refractivity contribution in [3.63, 3.8) is 0 Å². The highest BCUT2D eigenvalue weighted by Crippen LogP contribution is 2.26. The lowest BCUT2D eigenvalue weighted by molar-refractivity contribution is -0.124. The molecule has 0 spiro atoms. The van der Waals surface area contributed by atoms with E-state index in [4.69, 9.17) is 4.74 Å². The molecule has 1 aromatic rings. The second-order valence-electron chi connectivity index (χ2n) is 7.71. The van der Waals surface area contributed by atoms with Gasteiger partial charge in [0.05, 0.1) is 10.5 Å². The molecule has 3 rings (SSSR count). The minimum absolute atomic E-state index is 0.159. The molecule has 2 fully saturated rings. The number of ether oxygens (including phenoxy) is 1. The molecule has 0 aromatic heterocycles. The van der Waals surface area contributed by atoms with Crippen LogP contribution in [0.2, 0.25) is 0 Å². The van der Waals surface area contributed by atoms with E-state index in [-0.39, 0.29) is 29.0 Å². The van der Waals surface area contributed by atoms with Crippen LogP contribution in [-0.2, 0) is 19.6 Å². The Bertz CT molecular complexity index is 792. The number of sulfonamides is 1. The molecule has 27 heavy (non-hydrogen) atoms. The van der Waals surface area contributed by atoms with E-state index in [2.05, 4.69) is 19.2 Å². The Hall–Kier alpha value is -1.93. The van der Waals surface area contributed by atoms with Crippen LogP contribution in [0, 0.1) is 11.8 Å². The molecule has 1 N–H and O–H groups in total. The predicted octanol–water partition coefficient (Wildman–Crippen LogP) is 1.79. The first-order valence-corrected chi connectivity index (χ1v) is 10.8. The number of carbonyl (C=O) groups is 2. The summed E-state index contributed by atoms with van der Waals surface area (Å²) in [6, 6.07) is 5.89. The van der Waals surface area contributed by atoms with Crippen molar-refractivity contribution in [2.45, 2.75) is 44.0 Å². The summed E-state index contributed by atoms with van der Waals surface area (Å²) in [5.41, 5.74) is 0.216. The largest absolute Gasteiger partial charge is 0.452 e. The number of nitrogens with one attached hydrogen (secondary N) is 1. The van der Waals surface area contributed by atoms with Gasteiger partial charge in [-0.15, -0.1) is 0 Å². The summed E-state index contributed by atoms with van der Waals surface area (Å²) in [6.07, 6.45) is 2.94. The summed E-state index contributed by atoms with van der Waals surface area (Å²) in [7, 11) is -3.59. The maximum atomic E-state index is 12.8. The van der Waals surface area contributed by atoms with Crippen molar-refractivity contribution in [2.75, 3.05) is 19.7 Å². The number of hydrogen-bond donors (Lipinski definition) is 1. The Kier molecular flexibility index (Phi) is 5.86. The lowest BCUT2D eigenvalue weighted by atomic mass is 9.94. The molecule has 1 saturated heterocycles. The van der Waals surface area contributed by atoms with Crippen LogP contribution in [0.25, 0.3) is 0 Å². The zero-order valence-electron chi connectivity index (χ0n) is 15.7. The topological polar surface area (TPSA) is 92.8 Å². The monoisotopic (exact) mass is 394 g/mol. The molecule has 0 unspecified atom stereocenters. The second-order valence-corrected chi connectivity index (χ2v) is 9.65. The summed E-state index contributed by atoms with van der Waals surface area (Å²) >= 11 is 0. The average molecular weight is 394 g/mol. The SMILES string of the molecule is C[C@@H]1C[C@@H](C)CN(S(=O)(=O)c2ccc(C(=O)OCC(=O)NC3CC3)cc2)C1. The molecule has 148 valence electrons. The molecule has 0 radical (unpaired) electrons. The number of piperidine rings is 1. The van der Waals surface area contributed by atoms with Gasteiger partial charge in [-0.05, 0) is 55.4 Å². The van der Waals surface area contributed by atoms with Crippen LogP contribution >= 0.6 is 0 Å². The van der Waals surface area contributed by atoms with Gasteiger partial charge in [-0.3, -0.25) is 4.79 Å². The molecule has 1 saturated carbocycles. The molecule has 1 heterocycles. The van der Waals surface area contributed by atoms with Crippen LogP contribution in [0.1, 0.15) is 43.5 Å². The molecule has 8 heteroatoms. The van der Waals surface area contributed by atoms with Crippen molar-refractivity contribution in [3.05, 3.63) is 29.8 Å². The van der Waals surface area contributed by atoms with E-state index in [9.17, 15) is 18.0 Å². The zero-order chi connectivity index (χ0) is 19.6. The van der Waals surface area contributed by atoms with E-state index < -0.39 is 16.0 Å². The lowest BCUT2D eigenvalue weighted by Gasteiger charge is -2.34. The zero-order valence-corrected chi connectivity index (χ0v) is 16.5. The normalized spacial score (nSPS) is 23.6. The second kappa shape index (κ2) is 7.98. The molecular formula is C19H26N2O5S. The van der Waals surface area contributed by atoms with Gasteiger partial charge in [0.2, 0.25) is 10.0 Å². The molecule has 1 amide bonds. The van der Waals surface area contributed by atoms with E-state index in [0.29, 0.717) is 24.9 Å². The van der Waals surface area contributed by atoms with E-state index in [1.54, 1.807) is 0 Å². The highest BCUT2D eigenvalue weighted by molar-refractivity contribution is 7.89. The summed E-state index contributed by atoms with van der Waals surface area (Å²) < 4.78 is 32.2. The quantitative estimate of drug-likeness (QED) is 0.743. The van der Waals surface area contributed by atoms with Crippen LogP contribution in [0.4, 0.5) is 0 Å². The highest BCUT2D eigenvalue weighted by atomic mass is 32.2. The van der Waals surface area contributed by atoms with Gasteiger partial charge >= 0.3 is 5.97 Å². The maximum Gasteiger partial charge on any atom is 0.338 e. The van der Waals surface area contributed by atoms with E-state index in [0.717, 1.165) is 19.3 Å². The Labute approximate surface area is 160 Å². The average Bonchev–Trinajstić information content (AvgIpc) is 3.43. The van der Waals surface area contributed by atoms with Gasteiger partial charge in [-0.2, -0.15) is 4.31 Å². The van der Waals surface area contributed by atoms with Crippen LogP contribution in [0.15, 0.2) is 29.2 Å². The van der Waals surface area contributed by atoms with Gasteiger partial charge in [0, 0.05) is 19.1 Å². The summed E-state index contributed by atoms with van der Waals surface area (Å²) in [5, 5.41) is 2.73. The number of nitrogens with zero attached hydrogens (tertiary/aromatic N) is 1. The van der Waals surface area contributed by atoms with Gasteiger partial charge in [-0.1, -0.05) is 13.8 Å². The maximum absolute atomic E-state index is 12.8. The van der Waals surface area contributed by atoms with Crippen molar-refractivity contribution >= 4 is 21.9 Å². The molecule has 1 aliphatic heterocycles. The van der Waals surface area contributed by atoms with Crippen molar-refractivity contribution in [1.82, 2.24) is 9.62 Å². The molecule has 2 aliphatic rings. The van der Waals surface area contributed by atoms with Crippen LogP contribution < -0.4 is 5.32 Å². The Morgan fingerprint density at radius 2 is 1.70 bits per heavy atom. The smallest absolute Gasteiger partial charge is 0.338 e. The van der Waals surface area contributed by atoms with E-state index in [1.807, 2.05) is 0 Å². The van der Waals surface area contributed by atoms with Crippen molar-refractivity contribution < 1.29 is 22.7 Å². The molecule has 1 aliphatic carbocycles. The van der Waals surface area contributed by atoms with Crippen LogP contribution in [-0.4, -0.2) is 50.3 Å². The summed E-state index contributed by atoms with van der Waals surface area (Å²) in [5.74, 6) is -0.331. The van der Waals surface area contributed by atoms with Gasteiger partial charge < -0.3 is 10.1 Å². The Morgan fingerprint density at radius 3 is 2.26 bits per heavy atom. The number of esters is 1. The fourth-order valence-corrected chi connectivity index (χ4v) is 5.11. The fraction of sp³-hybridized carbons (Fsp3) is 0.579. The van der Waals surface area contributed by atoms with Gasteiger partial charge in [0.1, 0.15) is 0 Å². The van der Waals surface area contributed by atoms with Crippen molar-refractivity contribution in [2.24, 2.45) is 11.8 Å². The number of carbonyl (C=O) groups excluding carboxylic acids is 2. The number of amides is 1. The molecule has 0 bridgehead atoms. The lowest BCUT2D eigenvalue weighted by Crippen LogP contribution is -2.42. The van der Waals surface area contributed by atoms with Gasteiger partial charge in [0.15, 0.2) is 6.61 Å². The van der Waals surface area contributed by atoms with Crippen molar-refractivity contribution in [3.8, 4) is 0 Å². The van der Waals surface area contributed by atoms with E-state index >= 15 is 0 Å². The van der Waals surface area contributed by atoms with Gasteiger partial charge in [0.25, 0.3) is 5.91 Å². The number of benzene rings is 1. The Balaban J connectivity index is 1.61. The van der Waals surface area contributed by atoms with Crippen LogP contribution in [0.5, 0.6) is 0 Å². The van der Waals surface area contributed by atoms with Crippen molar-refractivity contribution in [1.29, 1.82) is 0 Å².